The second-order valence-corrected chi connectivity index (χ2v) is 3.33. The van der Waals surface area contributed by atoms with Gasteiger partial charge in [-0.2, -0.15) is 13.2 Å². The van der Waals surface area contributed by atoms with Crippen LogP contribution in [-0.2, 0) is 6.18 Å². The normalized spacial score (nSPS) is 11.5. The average Bonchev–Trinajstić information content (AvgIpc) is 2.19. The number of benzene rings is 1. The van der Waals surface area contributed by atoms with Gasteiger partial charge >= 0.3 is 6.18 Å². The van der Waals surface area contributed by atoms with Crippen LogP contribution >= 0.6 is 0 Å². The van der Waals surface area contributed by atoms with Crippen LogP contribution < -0.4 is 16.4 Å². The number of hydrogen-bond acceptors (Lipinski definition) is 3. The summed E-state index contributed by atoms with van der Waals surface area (Å²) in [6, 6.07) is 3.29. The summed E-state index contributed by atoms with van der Waals surface area (Å²) in [5.41, 5.74) is 5.40. The summed E-state index contributed by atoms with van der Waals surface area (Å²) >= 11 is 0. The Kier molecular flexibility index (Phi) is 4.00. The standard InChI is InChI=1S/C10H14F3N3/c1-15-4-5-16-9-3-2-7(6-8(9)14)10(11,12)13/h2-3,6,15-16H,4-5,14H2,1H3. The molecular weight excluding hydrogens is 219 g/mol. The Bertz CT molecular complexity index is 350. The van der Waals surface area contributed by atoms with Gasteiger partial charge in [0.15, 0.2) is 0 Å². The van der Waals surface area contributed by atoms with Gasteiger partial charge in [0.25, 0.3) is 0 Å². The summed E-state index contributed by atoms with van der Waals surface area (Å²) in [5, 5.41) is 5.85. The van der Waals surface area contributed by atoms with Crippen LogP contribution in [0.3, 0.4) is 0 Å². The van der Waals surface area contributed by atoms with Gasteiger partial charge in [0.1, 0.15) is 0 Å². The van der Waals surface area contributed by atoms with Crippen molar-refractivity contribution in [2.24, 2.45) is 0 Å². The zero-order chi connectivity index (χ0) is 12.2. The number of halogens is 3. The lowest BCUT2D eigenvalue weighted by atomic mass is 10.1. The van der Waals surface area contributed by atoms with Gasteiger partial charge in [-0.15, -0.1) is 0 Å². The average molecular weight is 233 g/mol. The van der Waals surface area contributed by atoms with E-state index in [0.717, 1.165) is 12.1 Å². The number of nitrogens with one attached hydrogen (secondary N) is 2. The molecule has 0 aliphatic carbocycles. The number of hydrogen-bond donors (Lipinski definition) is 3. The van der Waals surface area contributed by atoms with Gasteiger partial charge < -0.3 is 16.4 Å². The predicted octanol–water partition coefficient (Wildman–Crippen LogP) is 1.92. The largest absolute Gasteiger partial charge is 0.416 e. The van der Waals surface area contributed by atoms with E-state index in [-0.39, 0.29) is 5.69 Å². The highest BCUT2D eigenvalue weighted by Gasteiger charge is 2.30. The third-order valence-corrected chi connectivity index (χ3v) is 2.07. The van der Waals surface area contributed by atoms with Gasteiger partial charge in [-0.1, -0.05) is 0 Å². The highest BCUT2D eigenvalue weighted by molar-refractivity contribution is 5.67. The quantitative estimate of drug-likeness (QED) is 0.550. The Balaban J connectivity index is 2.76. The zero-order valence-corrected chi connectivity index (χ0v) is 8.86. The lowest BCUT2D eigenvalue weighted by Gasteiger charge is -2.12. The number of nitrogen functional groups attached to an aromatic ring is 1. The van der Waals surface area contributed by atoms with E-state index in [1.165, 1.54) is 6.07 Å². The third-order valence-electron chi connectivity index (χ3n) is 2.07. The maximum atomic E-state index is 12.3. The highest BCUT2D eigenvalue weighted by Crippen LogP contribution is 2.32. The molecule has 0 saturated heterocycles. The number of nitrogens with two attached hydrogens (primary N) is 1. The van der Waals surface area contributed by atoms with E-state index < -0.39 is 11.7 Å². The van der Waals surface area contributed by atoms with E-state index in [4.69, 9.17) is 5.73 Å². The number of anilines is 2. The van der Waals surface area contributed by atoms with Crippen molar-refractivity contribution in [1.82, 2.24) is 5.32 Å². The maximum absolute atomic E-state index is 12.3. The van der Waals surface area contributed by atoms with Gasteiger partial charge in [-0.25, -0.2) is 0 Å². The lowest BCUT2D eigenvalue weighted by molar-refractivity contribution is -0.137. The van der Waals surface area contributed by atoms with Crippen LogP contribution in [0.25, 0.3) is 0 Å². The van der Waals surface area contributed by atoms with Crippen LogP contribution in [0.15, 0.2) is 18.2 Å². The molecule has 3 nitrogen and oxygen atoms in total. The Hall–Kier alpha value is -1.43. The van der Waals surface area contributed by atoms with Crippen LogP contribution in [0.4, 0.5) is 24.5 Å². The molecule has 1 aromatic rings. The van der Waals surface area contributed by atoms with Gasteiger partial charge in [-0.05, 0) is 25.2 Å². The minimum absolute atomic E-state index is 0.103. The first kappa shape index (κ1) is 12.6. The van der Waals surface area contributed by atoms with E-state index >= 15 is 0 Å². The van der Waals surface area contributed by atoms with Crippen molar-refractivity contribution >= 4 is 11.4 Å². The van der Waals surface area contributed by atoms with E-state index in [0.29, 0.717) is 18.8 Å². The molecule has 0 aromatic heterocycles. The number of rotatable bonds is 4. The molecule has 0 amide bonds. The minimum Gasteiger partial charge on any atom is -0.397 e. The smallest absolute Gasteiger partial charge is 0.397 e. The fraction of sp³-hybridized carbons (Fsp3) is 0.400. The molecule has 6 heteroatoms. The molecule has 90 valence electrons. The van der Waals surface area contributed by atoms with Gasteiger partial charge in [0.05, 0.1) is 16.9 Å². The van der Waals surface area contributed by atoms with Gasteiger partial charge in [0.2, 0.25) is 0 Å². The molecule has 16 heavy (non-hydrogen) atoms. The topological polar surface area (TPSA) is 50.1 Å². The summed E-state index contributed by atoms with van der Waals surface area (Å²) in [4.78, 5) is 0. The summed E-state index contributed by atoms with van der Waals surface area (Å²) in [7, 11) is 1.79. The van der Waals surface area contributed by atoms with Crippen molar-refractivity contribution in [3.05, 3.63) is 23.8 Å². The Morgan fingerprint density at radius 3 is 2.44 bits per heavy atom. The van der Waals surface area contributed by atoms with Gasteiger partial charge in [0, 0.05) is 13.1 Å². The van der Waals surface area contributed by atoms with Crippen LogP contribution in [0, 0.1) is 0 Å². The molecule has 1 aromatic carbocycles. The molecule has 0 atom stereocenters. The molecule has 0 aliphatic heterocycles. The molecule has 0 saturated carbocycles. The maximum Gasteiger partial charge on any atom is 0.416 e. The second-order valence-electron chi connectivity index (χ2n) is 3.33. The minimum atomic E-state index is -4.35. The Labute approximate surface area is 91.8 Å². The molecule has 0 radical (unpaired) electrons. The first-order valence-corrected chi connectivity index (χ1v) is 4.80. The molecule has 0 bridgehead atoms. The number of likely N-dealkylation sites (N-methyl/N-ethyl adjacent to an activating group) is 1. The van der Waals surface area contributed by atoms with E-state index in [1.807, 2.05) is 0 Å². The zero-order valence-electron chi connectivity index (χ0n) is 8.86. The first-order valence-electron chi connectivity index (χ1n) is 4.80. The molecule has 0 aliphatic rings. The summed E-state index contributed by atoms with van der Waals surface area (Å²) in [6.07, 6.45) is -4.35. The third kappa shape index (κ3) is 3.30. The van der Waals surface area contributed by atoms with Crippen molar-refractivity contribution in [3.63, 3.8) is 0 Å². The van der Waals surface area contributed by atoms with Crippen LogP contribution in [0.5, 0.6) is 0 Å². The summed E-state index contributed by atoms with van der Waals surface area (Å²) in [5.74, 6) is 0. The molecule has 0 fully saturated rings. The molecule has 0 spiro atoms. The van der Waals surface area contributed by atoms with Crippen molar-refractivity contribution in [2.45, 2.75) is 6.18 Å². The molecule has 0 heterocycles. The number of alkyl halides is 3. The van der Waals surface area contributed by atoms with Crippen molar-refractivity contribution in [1.29, 1.82) is 0 Å². The lowest BCUT2D eigenvalue weighted by Crippen LogP contribution is -2.18. The van der Waals surface area contributed by atoms with Crippen molar-refractivity contribution in [2.75, 3.05) is 31.2 Å². The predicted molar refractivity (Wildman–Crippen MR) is 58.3 cm³/mol. The first-order chi connectivity index (χ1) is 7.45. The van der Waals surface area contributed by atoms with E-state index in [1.54, 1.807) is 7.05 Å². The van der Waals surface area contributed by atoms with Crippen molar-refractivity contribution < 1.29 is 13.2 Å². The second kappa shape index (κ2) is 5.07. The van der Waals surface area contributed by atoms with Crippen molar-refractivity contribution in [3.8, 4) is 0 Å². The molecule has 1 rings (SSSR count). The Morgan fingerprint density at radius 2 is 1.94 bits per heavy atom. The molecule has 0 unspecified atom stereocenters. The van der Waals surface area contributed by atoms with Crippen LogP contribution in [0.1, 0.15) is 5.56 Å². The fourth-order valence-corrected chi connectivity index (χ4v) is 1.22. The highest BCUT2D eigenvalue weighted by atomic mass is 19.4. The van der Waals surface area contributed by atoms with E-state index in [9.17, 15) is 13.2 Å². The molecule has 4 N–H and O–H groups in total. The summed E-state index contributed by atoms with van der Waals surface area (Å²) < 4.78 is 37.0. The van der Waals surface area contributed by atoms with E-state index in [2.05, 4.69) is 10.6 Å². The SMILES string of the molecule is CNCCNc1ccc(C(F)(F)F)cc1N. The van der Waals surface area contributed by atoms with Crippen LogP contribution in [-0.4, -0.2) is 20.1 Å². The van der Waals surface area contributed by atoms with Crippen LogP contribution in [0.2, 0.25) is 0 Å². The van der Waals surface area contributed by atoms with Gasteiger partial charge in [-0.3, -0.25) is 0 Å². The molecular formula is C10H14F3N3. The Morgan fingerprint density at radius 1 is 1.25 bits per heavy atom. The fourth-order valence-electron chi connectivity index (χ4n) is 1.22. The summed E-state index contributed by atoms with van der Waals surface area (Å²) in [6.45, 7) is 1.31. The monoisotopic (exact) mass is 233 g/mol.